The third-order valence-electron chi connectivity index (χ3n) is 12.5. The van der Waals surface area contributed by atoms with Crippen molar-refractivity contribution in [2.45, 2.75) is 126 Å². The third-order valence-corrected chi connectivity index (χ3v) is 14.3. The van der Waals surface area contributed by atoms with E-state index in [4.69, 9.17) is 18.9 Å². The van der Waals surface area contributed by atoms with E-state index < -0.39 is 86.9 Å². The Bertz CT molecular complexity index is 2160. The van der Waals surface area contributed by atoms with E-state index in [-0.39, 0.29) is 49.1 Å². The molecule has 4 bridgehead atoms. The lowest BCUT2D eigenvalue weighted by Gasteiger charge is -2.35. The molecule has 15 nitrogen and oxygen atoms in total. The molecule has 3 heterocycles. The number of hydrogen-bond acceptors (Lipinski definition) is 11. The fourth-order valence-corrected chi connectivity index (χ4v) is 10.2. The van der Waals surface area contributed by atoms with Crippen molar-refractivity contribution in [3.8, 4) is 17.4 Å². The molecular weight excluding hydrogens is 824 g/mol. The number of carbonyl (C=O) groups is 4. The summed E-state index contributed by atoms with van der Waals surface area (Å²) in [5.41, 5.74) is -1.16. The molecule has 1 aromatic carbocycles. The van der Waals surface area contributed by atoms with Crippen molar-refractivity contribution in [1.29, 1.82) is 0 Å². The van der Waals surface area contributed by atoms with E-state index >= 15 is 0 Å². The summed E-state index contributed by atoms with van der Waals surface area (Å²) in [6, 6.07) is 2.23. The normalized spacial score (nSPS) is 27.5. The first-order valence-corrected chi connectivity index (χ1v) is 22.5. The monoisotopic (exact) mass is 877 g/mol. The number of rotatable bonds is 10. The second-order valence-corrected chi connectivity index (χ2v) is 19.8. The summed E-state index contributed by atoms with van der Waals surface area (Å²) in [6.45, 7) is 5.90. The minimum atomic E-state index is -4.67. The molecule has 0 radical (unpaired) electrons. The van der Waals surface area contributed by atoms with Crippen LogP contribution in [-0.4, -0.2) is 104 Å². The number of nitrogens with one attached hydrogen (secondary N) is 3. The third kappa shape index (κ3) is 10.1. The van der Waals surface area contributed by atoms with Gasteiger partial charge in [-0.05, 0) is 74.3 Å². The van der Waals surface area contributed by atoms with Gasteiger partial charge in [0.2, 0.25) is 27.7 Å². The molecule has 1 aromatic heterocycles. The van der Waals surface area contributed by atoms with E-state index in [1.54, 1.807) is 12.1 Å². The number of amides is 4. The van der Waals surface area contributed by atoms with Gasteiger partial charge in [0, 0.05) is 29.9 Å². The van der Waals surface area contributed by atoms with E-state index in [0.29, 0.717) is 56.1 Å². The summed E-state index contributed by atoms with van der Waals surface area (Å²) in [5.74, 6) is -3.00. The number of ether oxygens (including phenoxy) is 4. The number of halogens is 3. The highest BCUT2D eigenvalue weighted by Crippen LogP contribution is 2.46. The Labute approximate surface area is 352 Å². The van der Waals surface area contributed by atoms with Gasteiger partial charge in [-0.2, -0.15) is 13.2 Å². The van der Waals surface area contributed by atoms with E-state index in [9.17, 15) is 40.8 Å². The quantitative estimate of drug-likeness (QED) is 0.265. The molecule has 3 aliphatic carbocycles. The second-order valence-electron chi connectivity index (χ2n) is 17.8. The fraction of sp³-hybridized carbons (Fsp3) is 0.643. The number of alkyl carbamates (subject to hydrolysis) is 1. The molecule has 3 saturated carbocycles. The Morgan fingerprint density at radius 1 is 1.10 bits per heavy atom. The molecule has 3 N–H and O–H groups in total. The van der Waals surface area contributed by atoms with E-state index in [0.717, 1.165) is 24.8 Å². The van der Waals surface area contributed by atoms with Crippen LogP contribution in [0.25, 0.3) is 10.9 Å². The Morgan fingerprint density at radius 3 is 2.49 bits per heavy atom. The van der Waals surface area contributed by atoms with Gasteiger partial charge >= 0.3 is 12.3 Å². The van der Waals surface area contributed by atoms with Gasteiger partial charge in [0.1, 0.15) is 35.2 Å². The number of aromatic nitrogens is 1. The van der Waals surface area contributed by atoms with Crippen LogP contribution in [0.4, 0.5) is 18.0 Å². The summed E-state index contributed by atoms with van der Waals surface area (Å²) in [6.07, 6.45) is 1.43. The van der Waals surface area contributed by atoms with Crippen molar-refractivity contribution in [3.63, 3.8) is 0 Å². The molecule has 7 rings (SSSR count). The highest BCUT2D eigenvalue weighted by molar-refractivity contribution is 7.91. The summed E-state index contributed by atoms with van der Waals surface area (Å²) in [5, 5.41) is 5.31. The van der Waals surface area contributed by atoms with Gasteiger partial charge in [0.05, 0.1) is 31.0 Å². The van der Waals surface area contributed by atoms with Gasteiger partial charge in [-0.1, -0.05) is 39.2 Å². The largest absolute Gasteiger partial charge is 0.496 e. The van der Waals surface area contributed by atoms with Crippen LogP contribution in [0.15, 0.2) is 30.9 Å². The molecule has 0 spiro atoms. The lowest BCUT2D eigenvalue weighted by Crippen LogP contribution is -2.59. The van der Waals surface area contributed by atoms with Crippen LogP contribution >= 0.6 is 0 Å². The molecule has 1 saturated heterocycles. The summed E-state index contributed by atoms with van der Waals surface area (Å²) in [4.78, 5) is 62.3. The molecule has 2 aliphatic heterocycles. The smallest absolute Gasteiger partial charge is 0.422 e. The van der Waals surface area contributed by atoms with Crippen LogP contribution in [0, 0.1) is 17.3 Å². The summed E-state index contributed by atoms with van der Waals surface area (Å²) in [7, 11) is -2.51. The maximum absolute atomic E-state index is 14.9. The highest BCUT2D eigenvalue weighted by Gasteiger charge is 2.62. The Hall–Kier alpha value is -4.81. The molecule has 5 atom stereocenters. The van der Waals surface area contributed by atoms with Crippen molar-refractivity contribution in [2.24, 2.45) is 17.3 Å². The zero-order valence-electron chi connectivity index (χ0n) is 34.6. The highest BCUT2D eigenvalue weighted by atomic mass is 32.2. The number of methoxy groups -OCH3 is 1. The van der Waals surface area contributed by atoms with Crippen molar-refractivity contribution in [1.82, 2.24) is 25.2 Å². The molecule has 5 aliphatic rings. The zero-order chi connectivity index (χ0) is 43.9. The number of aryl methyl sites for hydroxylation is 1. The number of carbonyl (C=O) groups excluding carboxylic acids is 4. The Balaban J connectivity index is 1.28. The predicted octanol–water partition coefficient (Wildman–Crippen LogP) is 5.24. The number of pyridine rings is 1. The van der Waals surface area contributed by atoms with Crippen LogP contribution in [0.1, 0.15) is 90.0 Å². The number of sulfonamides is 1. The van der Waals surface area contributed by atoms with Gasteiger partial charge in [0.15, 0.2) is 6.61 Å². The molecule has 0 unspecified atom stereocenters. The lowest BCUT2D eigenvalue weighted by atomic mass is 9.83. The van der Waals surface area contributed by atoms with Crippen LogP contribution in [-0.2, 0) is 35.6 Å². The van der Waals surface area contributed by atoms with Crippen LogP contribution in [0.2, 0.25) is 0 Å². The van der Waals surface area contributed by atoms with Gasteiger partial charge < -0.3 is 34.5 Å². The number of benzene rings is 1. The molecule has 61 heavy (non-hydrogen) atoms. The molecule has 4 fully saturated rings. The van der Waals surface area contributed by atoms with Crippen molar-refractivity contribution in [3.05, 3.63) is 36.4 Å². The van der Waals surface area contributed by atoms with E-state index in [2.05, 4.69) is 26.9 Å². The number of hydrogen-bond donors (Lipinski definition) is 3. The summed E-state index contributed by atoms with van der Waals surface area (Å²) < 4.78 is 90.8. The number of cyclic esters (lactones) is 1. The maximum atomic E-state index is 14.9. The molecule has 19 heteroatoms. The number of alkyl halides is 3. The minimum absolute atomic E-state index is 0.0454. The van der Waals surface area contributed by atoms with Gasteiger partial charge in [-0.3, -0.25) is 19.1 Å². The van der Waals surface area contributed by atoms with Crippen molar-refractivity contribution >= 4 is 44.7 Å². The first-order valence-electron chi connectivity index (χ1n) is 20.9. The molecule has 4 amide bonds. The van der Waals surface area contributed by atoms with Crippen molar-refractivity contribution < 1.29 is 59.7 Å². The van der Waals surface area contributed by atoms with Crippen LogP contribution in [0.5, 0.6) is 17.4 Å². The molecule has 2 aromatic rings. The zero-order valence-corrected chi connectivity index (χ0v) is 35.4. The fourth-order valence-electron chi connectivity index (χ4n) is 8.82. The van der Waals surface area contributed by atoms with Gasteiger partial charge in [-0.25, -0.2) is 18.2 Å². The SMILES string of the molecule is C=C[C@H]1C[C@@]1(NC(=O)[C@@H]1C[C@@H]2CN1C(=O)[C@H](C1CCCCC1)NC(=O)OCC(C)(C)CCCc1cc3c(cc(OCC(F)(F)F)nc3cc1OC)O2)C(=O)NS(=O)(=O)C1CC1. The second kappa shape index (κ2) is 17.2. The van der Waals surface area contributed by atoms with Gasteiger partial charge in [-0.15, -0.1) is 6.58 Å². The Morgan fingerprint density at radius 2 is 1.84 bits per heavy atom. The average Bonchev–Trinajstić information content (AvgIpc) is 4.14. The lowest BCUT2D eigenvalue weighted by molar-refractivity contribution is -0.154. The average molecular weight is 878 g/mol. The minimum Gasteiger partial charge on any atom is -0.496 e. The van der Waals surface area contributed by atoms with Crippen molar-refractivity contribution in [2.75, 3.05) is 26.9 Å². The first kappa shape index (κ1) is 44.3. The number of nitrogens with zero attached hydrogens (tertiary/aromatic N) is 2. The maximum Gasteiger partial charge on any atom is 0.422 e. The van der Waals surface area contributed by atoms with E-state index in [1.807, 2.05) is 13.8 Å². The molecular formula is C42H54F3N5O10S. The first-order chi connectivity index (χ1) is 28.8. The van der Waals surface area contributed by atoms with Gasteiger partial charge in [0.25, 0.3) is 5.91 Å². The van der Waals surface area contributed by atoms with Crippen LogP contribution < -0.4 is 29.6 Å². The molecule has 334 valence electrons. The topological polar surface area (TPSA) is 192 Å². The Kier molecular flexibility index (Phi) is 12.4. The number of fused-ring (bicyclic) bond motifs is 3. The summed E-state index contributed by atoms with van der Waals surface area (Å²) >= 11 is 0. The van der Waals surface area contributed by atoms with Crippen LogP contribution in [0.3, 0.4) is 0 Å². The van der Waals surface area contributed by atoms with E-state index in [1.165, 1.54) is 24.2 Å². The predicted molar refractivity (Wildman–Crippen MR) is 215 cm³/mol. The standard InChI is InChI=1S/C42H54F3N5O10S/c1-5-26-20-41(26,38(53)49-61(55,56)28-13-14-28)48-36(51)31-17-27-21-50(31)37(52)35(24-10-7-6-8-11-24)47-39(54)59-22-40(2,3)15-9-12-25-16-29-30(18-32(25)57-4)46-34(19-33(29)60-27)58-23-42(43,44)45/h5,16,18-19,24,26-28,31,35H,1,6-15,17,20-23H2,2-4H3,(H,47,54)(H,48,51)(H,49,53)/t26-,27+,31-,35-,41-/m0/s1.